The molecule has 0 atom stereocenters. The second-order valence-electron chi connectivity index (χ2n) is 6.83. The predicted molar refractivity (Wildman–Crippen MR) is 121 cm³/mol. The molecule has 0 spiro atoms. The standard InChI is InChI=1S/C25H25BrO3/c1-2-3-4-8-17-28-24-16-13-21(18-23(24)26)25(27)29-22-14-11-20(12-15-22)19-9-6-5-7-10-19/h5-7,9-16,18H,2-4,8,17H2,1H3. The van der Waals surface area contributed by atoms with Gasteiger partial charge >= 0.3 is 5.97 Å². The highest BCUT2D eigenvalue weighted by molar-refractivity contribution is 9.10. The molecule has 29 heavy (non-hydrogen) atoms. The Labute approximate surface area is 180 Å². The Kier molecular flexibility index (Phi) is 7.88. The van der Waals surface area contributed by atoms with E-state index in [0.29, 0.717) is 17.9 Å². The number of halogens is 1. The summed E-state index contributed by atoms with van der Waals surface area (Å²) in [6, 6.07) is 22.9. The topological polar surface area (TPSA) is 35.5 Å². The first-order valence-electron chi connectivity index (χ1n) is 9.97. The molecule has 0 heterocycles. The highest BCUT2D eigenvalue weighted by Crippen LogP contribution is 2.27. The van der Waals surface area contributed by atoms with Gasteiger partial charge in [-0.3, -0.25) is 0 Å². The van der Waals surface area contributed by atoms with Crippen LogP contribution in [0.4, 0.5) is 0 Å². The van der Waals surface area contributed by atoms with Gasteiger partial charge in [-0.2, -0.15) is 0 Å². The minimum absolute atomic E-state index is 0.396. The Morgan fingerprint density at radius 1 is 0.862 bits per heavy atom. The van der Waals surface area contributed by atoms with Gasteiger partial charge in [-0.05, 0) is 63.8 Å². The smallest absolute Gasteiger partial charge is 0.343 e. The molecule has 0 saturated carbocycles. The molecule has 3 aromatic carbocycles. The van der Waals surface area contributed by atoms with Crippen LogP contribution < -0.4 is 9.47 Å². The first-order chi connectivity index (χ1) is 14.2. The minimum Gasteiger partial charge on any atom is -0.492 e. The lowest BCUT2D eigenvalue weighted by molar-refractivity contribution is 0.0734. The van der Waals surface area contributed by atoms with Crippen LogP contribution in [0.2, 0.25) is 0 Å². The van der Waals surface area contributed by atoms with Crippen LogP contribution in [0, 0.1) is 0 Å². The molecule has 4 heteroatoms. The highest BCUT2D eigenvalue weighted by atomic mass is 79.9. The van der Waals surface area contributed by atoms with Crippen LogP contribution in [0.15, 0.2) is 77.3 Å². The predicted octanol–water partition coefficient (Wildman–Crippen LogP) is 7.29. The van der Waals surface area contributed by atoms with Gasteiger partial charge in [0.1, 0.15) is 11.5 Å². The number of unbranched alkanes of at least 4 members (excludes halogenated alkanes) is 3. The zero-order valence-electron chi connectivity index (χ0n) is 16.6. The van der Waals surface area contributed by atoms with Crippen molar-refractivity contribution in [3.63, 3.8) is 0 Å². The van der Waals surface area contributed by atoms with Crippen LogP contribution in [-0.4, -0.2) is 12.6 Å². The average Bonchev–Trinajstić information content (AvgIpc) is 2.75. The lowest BCUT2D eigenvalue weighted by Crippen LogP contribution is -2.08. The summed E-state index contributed by atoms with van der Waals surface area (Å²) in [6.45, 7) is 2.86. The van der Waals surface area contributed by atoms with Gasteiger partial charge in [-0.1, -0.05) is 68.7 Å². The molecule has 0 aliphatic carbocycles. The lowest BCUT2D eigenvalue weighted by Gasteiger charge is -2.10. The van der Waals surface area contributed by atoms with Crippen LogP contribution >= 0.6 is 15.9 Å². The van der Waals surface area contributed by atoms with Crippen LogP contribution in [0.1, 0.15) is 43.0 Å². The van der Waals surface area contributed by atoms with Gasteiger partial charge in [0.05, 0.1) is 16.6 Å². The summed E-state index contributed by atoms with van der Waals surface area (Å²) < 4.78 is 12.1. The first-order valence-corrected chi connectivity index (χ1v) is 10.8. The van der Waals surface area contributed by atoms with Gasteiger partial charge in [0.2, 0.25) is 0 Å². The van der Waals surface area contributed by atoms with E-state index in [-0.39, 0.29) is 0 Å². The number of carbonyl (C=O) groups is 1. The molecule has 0 unspecified atom stereocenters. The van der Waals surface area contributed by atoms with Gasteiger partial charge in [-0.25, -0.2) is 4.79 Å². The Hall–Kier alpha value is -2.59. The molecule has 0 saturated heterocycles. The average molecular weight is 453 g/mol. The Morgan fingerprint density at radius 2 is 1.59 bits per heavy atom. The van der Waals surface area contributed by atoms with Gasteiger partial charge in [0, 0.05) is 0 Å². The number of carbonyl (C=O) groups excluding carboxylic acids is 1. The van der Waals surface area contributed by atoms with Crippen LogP contribution in [0.5, 0.6) is 11.5 Å². The molecule has 0 aromatic heterocycles. The van der Waals surface area contributed by atoms with Crippen molar-refractivity contribution in [3.05, 3.63) is 82.8 Å². The number of rotatable bonds is 9. The van der Waals surface area contributed by atoms with Crippen molar-refractivity contribution in [1.29, 1.82) is 0 Å². The Bertz CT molecular complexity index is 921. The molecule has 3 rings (SSSR count). The molecule has 0 radical (unpaired) electrons. The Morgan fingerprint density at radius 3 is 2.28 bits per heavy atom. The van der Waals surface area contributed by atoms with E-state index in [1.54, 1.807) is 18.2 Å². The summed E-state index contributed by atoms with van der Waals surface area (Å²) in [5, 5.41) is 0. The molecule has 0 aliphatic heterocycles. The van der Waals surface area contributed by atoms with Crippen molar-refractivity contribution >= 4 is 21.9 Å². The number of hydrogen-bond acceptors (Lipinski definition) is 3. The SMILES string of the molecule is CCCCCCOc1ccc(C(=O)Oc2ccc(-c3ccccc3)cc2)cc1Br. The van der Waals surface area contributed by atoms with Crippen molar-refractivity contribution < 1.29 is 14.3 Å². The summed E-state index contributed by atoms with van der Waals surface area (Å²) in [5.74, 6) is 0.861. The fraction of sp³-hybridized carbons (Fsp3) is 0.240. The molecule has 0 bridgehead atoms. The van der Waals surface area contributed by atoms with E-state index in [2.05, 4.69) is 22.9 Å². The largest absolute Gasteiger partial charge is 0.492 e. The second-order valence-corrected chi connectivity index (χ2v) is 7.69. The third kappa shape index (κ3) is 6.20. The molecule has 0 amide bonds. The molecule has 0 aliphatic rings. The fourth-order valence-corrected chi connectivity index (χ4v) is 3.46. The van der Waals surface area contributed by atoms with Crippen molar-refractivity contribution in [1.82, 2.24) is 0 Å². The monoisotopic (exact) mass is 452 g/mol. The molecular weight excluding hydrogens is 428 g/mol. The van der Waals surface area contributed by atoms with E-state index in [1.807, 2.05) is 54.6 Å². The molecule has 150 valence electrons. The molecular formula is C25H25BrO3. The molecule has 0 fully saturated rings. The molecule has 3 aromatic rings. The minimum atomic E-state index is -0.396. The summed E-state index contributed by atoms with van der Waals surface area (Å²) >= 11 is 3.49. The van der Waals surface area contributed by atoms with E-state index < -0.39 is 5.97 Å². The zero-order chi connectivity index (χ0) is 20.5. The maximum absolute atomic E-state index is 12.5. The van der Waals surface area contributed by atoms with Gasteiger partial charge < -0.3 is 9.47 Å². The van der Waals surface area contributed by atoms with Crippen molar-refractivity contribution in [2.75, 3.05) is 6.61 Å². The number of ether oxygens (including phenoxy) is 2. The van der Waals surface area contributed by atoms with E-state index in [9.17, 15) is 4.79 Å². The third-order valence-electron chi connectivity index (χ3n) is 4.60. The summed E-state index contributed by atoms with van der Waals surface area (Å²) in [4.78, 5) is 12.5. The van der Waals surface area contributed by atoms with E-state index in [1.165, 1.54) is 19.3 Å². The summed E-state index contributed by atoms with van der Waals surface area (Å²) in [5.41, 5.74) is 2.68. The number of esters is 1. The third-order valence-corrected chi connectivity index (χ3v) is 5.21. The number of benzene rings is 3. The number of hydrogen-bond donors (Lipinski definition) is 0. The summed E-state index contributed by atoms with van der Waals surface area (Å²) in [6.07, 6.45) is 4.63. The van der Waals surface area contributed by atoms with E-state index in [0.717, 1.165) is 27.8 Å². The van der Waals surface area contributed by atoms with Crippen molar-refractivity contribution in [2.45, 2.75) is 32.6 Å². The molecule has 0 N–H and O–H groups in total. The van der Waals surface area contributed by atoms with Gasteiger partial charge in [-0.15, -0.1) is 0 Å². The maximum atomic E-state index is 12.5. The lowest BCUT2D eigenvalue weighted by atomic mass is 10.1. The maximum Gasteiger partial charge on any atom is 0.343 e. The molecule has 3 nitrogen and oxygen atoms in total. The fourth-order valence-electron chi connectivity index (χ4n) is 2.97. The second kappa shape index (κ2) is 10.8. The van der Waals surface area contributed by atoms with Crippen LogP contribution in [0.3, 0.4) is 0 Å². The summed E-state index contributed by atoms with van der Waals surface area (Å²) in [7, 11) is 0. The van der Waals surface area contributed by atoms with Crippen LogP contribution in [0.25, 0.3) is 11.1 Å². The highest BCUT2D eigenvalue weighted by Gasteiger charge is 2.12. The van der Waals surface area contributed by atoms with Gasteiger partial charge in [0.15, 0.2) is 0 Å². The van der Waals surface area contributed by atoms with E-state index in [4.69, 9.17) is 9.47 Å². The van der Waals surface area contributed by atoms with Crippen LogP contribution in [-0.2, 0) is 0 Å². The quantitative estimate of drug-likeness (QED) is 0.194. The van der Waals surface area contributed by atoms with Crippen molar-refractivity contribution in [2.24, 2.45) is 0 Å². The van der Waals surface area contributed by atoms with Crippen molar-refractivity contribution in [3.8, 4) is 22.6 Å². The van der Waals surface area contributed by atoms with E-state index >= 15 is 0 Å². The normalized spacial score (nSPS) is 10.6. The first kappa shape index (κ1) is 21.1. The van der Waals surface area contributed by atoms with Gasteiger partial charge in [0.25, 0.3) is 0 Å². The zero-order valence-corrected chi connectivity index (χ0v) is 18.2. The Balaban J connectivity index is 1.58.